The molecule has 2 N–H and O–H groups in total. The molecule has 0 saturated heterocycles. The number of hydrogen-bond acceptors (Lipinski definition) is 8. The van der Waals surface area contributed by atoms with Gasteiger partial charge in [0.05, 0.1) is 23.0 Å². The zero-order valence-corrected chi connectivity index (χ0v) is 28.2. The molecule has 0 fully saturated rings. The first-order valence-corrected chi connectivity index (χ1v) is 17.3. The summed E-state index contributed by atoms with van der Waals surface area (Å²) in [5, 5.41) is 18.2. The van der Waals surface area contributed by atoms with E-state index in [1.54, 1.807) is 16.9 Å². The maximum absolute atomic E-state index is 13.5. The maximum atomic E-state index is 13.5. The number of carbonyl (C=O) groups is 2. The van der Waals surface area contributed by atoms with E-state index in [0.29, 0.717) is 60.3 Å². The fraction of sp³-hybridized carbons (Fsp3) is 0.125. The normalized spacial score (nSPS) is 12.4. The van der Waals surface area contributed by atoms with Crippen molar-refractivity contribution in [3.8, 4) is 16.9 Å². The fourth-order valence-electron chi connectivity index (χ4n) is 6.31. The number of aromatic nitrogens is 4. The molecule has 8 rings (SSSR count). The van der Waals surface area contributed by atoms with E-state index in [1.807, 2.05) is 114 Å². The Balaban J connectivity index is 0.966. The Hall–Kier alpha value is -6.33. The van der Waals surface area contributed by atoms with Crippen molar-refractivity contribution in [3.63, 3.8) is 0 Å². The standard InChI is InChI=1S/C40H32N6O4S/c47-38(44-40-42-34-11-4-5-12-35(34)51-40)32-10-6-9-28-19-20-45(24-33(28)32)36-18-17-31(37(43-36)39(48)49)29-21-41-46(23-29)22-26-13-15-30(16-14-26)50-25-27-7-2-1-3-8-27/h1-18,21,23H,19-20,22,24-25H2,(H,48,49)(H,42,44,47). The summed E-state index contributed by atoms with van der Waals surface area (Å²) in [5.41, 5.74) is 6.59. The van der Waals surface area contributed by atoms with E-state index in [2.05, 4.69) is 20.4 Å². The van der Waals surface area contributed by atoms with Gasteiger partial charge in [-0.25, -0.2) is 14.8 Å². The van der Waals surface area contributed by atoms with Gasteiger partial charge in [0.15, 0.2) is 10.8 Å². The number of amides is 1. The van der Waals surface area contributed by atoms with Crippen LogP contribution in [0.2, 0.25) is 0 Å². The molecule has 0 radical (unpaired) electrons. The first-order valence-electron chi connectivity index (χ1n) is 16.5. The molecule has 0 aliphatic carbocycles. The molecule has 51 heavy (non-hydrogen) atoms. The third-order valence-corrected chi connectivity index (χ3v) is 9.85. The molecule has 0 saturated carbocycles. The molecule has 1 aliphatic heterocycles. The topological polar surface area (TPSA) is 122 Å². The van der Waals surface area contributed by atoms with Crippen molar-refractivity contribution in [2.45, 2.75) is 26.1 Å². The highest BCUT2D eigenvalue weighted by molar-refractivity contribution is 7.22. The number of pyridine rings is 1. The van der Waals surface area contributed by atoms with Crippen molar-refractivity contribution in [3.05, 3.63) is 155 Å². The van der Waals surface area contributed by atoms with Crippen LogP contribution in [0.25, 0.3) is 21.3 Å². The average molecular weight is 693 g/mol. The van der Waals surface area contributed by atoms with Gasteiger partial charge in [0.1, 0.15) is 18.2 Å². The quantitative estimate of drug-likeness (QED) is 0.150. The Labute approximate surface area is 297 Å². The van der Waals surface area contributed by atoms with Gasteiger partial charge in [-0.1, -0.05) is 78.1 Å². The van der Waals surface area contributed by atoms with Crippen LogP contribution in [0.15, 0.2) is 122 Å². The van der Waals surface area contributed by atoms with Crippen LogP contribution in [0, 0.1) is 0 Å². The highest BCUT2D eigenvalue weighted by Gasteiger charge is 2.25. The molecule has 0 unspecified atom stereocenters. The molecule has 252 valence electrons. The smallest absolute Gasteiger partial charge is 0.355 e. The lowest BCUT2D eigenvalue weighted by atomic mass is 9.94. The monoisotopic (exact) mass is 692 g/mol. The SMILES string of the molecule is O=C(Nc1nc2ccccc2s1)c1cccc2c1CN(c1ccc(-c3cnn(Cc4ccc(OCc5ccccc5)cc4)c3)c(C(=O)O)n1)CC2. The molecule has 3 aromatic heterocycles. The summed E-state index contributed by atoms with van der Waals surface area (Å²) < 4.78 is 8.68. The fourth-order valence-corrected chi connectivity index (χ4v) is 7.17. The summed E-state index contributed by atoms with van der Waals surface area (Å²) in [6, 6.07) is 35.0. The summed E-state index contributed by atoms with van der Waals surface area (Å²) in [6.45, 7) is 2.05. The summed E-state index contributed by atoms with van der Waals surface area (Å²) in [6.07, 6.45) is 4.18. The highest BCUT2D eigenvalue weighted by atomic mass is 32.1. The Bertz CT molecular complexity index is 2340. The van der Waals surface area contributed by atoms with Crippen molar-refractivity contribution in [1.82, 2.24) is 19.7 Å². The molecule has 1 aliphatic rings. The second kappa shape index (κ2) is 13.9. The summed E-state index contributed by atoms with van der Waals surface area (Å²) >= 11 is 1.43. The number of thiazole rings is 1. The molecule has 4 heterocycles. The average Bonchev–Trinajstić information content (AvgIpc) is 3.81. The minimum atomic E-state index is -1.13. The molecule has 4 aromatic carbocycles. The molecule has 11 heteroatoms. The second-order valence-electron chi connectivity index (χ2n) is 12.3. The maximum Gasteiger partial charge on any atom is 0.355 e. The Kier molecular flexibility index (Phi) is 8.69. The van der Waals surface area contributed by atoms with Crippen molar-refractivity contribution in [2.24, 2.45) is 0 Å². The zero-order valence-electron chi connectivity index (χ0n) is 27.4. The van der Waals surface area contributed by atoms with Gasteiger partial charge in [0.2, 0.25) is 0 Å². The van der Waals surface area contributed by atoms with Gasteiger partial charge < -0.3 is 14.7 Å². The number of nitrogens with zero attached hydrogens (tertiary/aromatic N) is 5. The molecule has 0 bridgehead atoms. The number of hydrogen-bond donors (Lipinski definition) is 2. The van der Waals surface area contributed by atoms with Crippen molar-refractivity contribution in [2.75, 3.05) is 16.8 Å². The summed E-state index contributed by atoms with van der Waals surface area (Å²) in [5.74, 6) is -0.0436. The lowest BCUT2D eigenvalue weighted by Gasteiger charge is -2.31. The van der Waals surface area contributed by atoms with Gasteiger partial charge >= 0.3 is 5.97 Å². The second-order valence-corrected chi connectivity index (χ2v) is 13.3. The Morgan fingerprint density at radius 3 is 2.51 bits per heavy atom. The number of carboxylic acid groups (broad SMARTS) is 1. The molecule has 1 amide bonds. The van der Waals surface area contributed by atoms with Crippen LogP contribution in [0.3, 0.4) is 0 Å². The molecule has 10 nitrogen and oxygen atoms in total. The predicted molar refractivity (Wildman–Crippen MR) is 198 cm³/mol. The lowest BCUT2D eigenvalue weighted by Crippen LogP contribution is -2.33. The summed E-state index contributed by atoms with van der Waals surface area (Å²) in [7, 11) is 0. The van der Waals surface area contributed by atoms with E-state index in [0.717, 1.165) is 38.2 Å². The highest BCUT2D eigenvalue weighted by Crippen LogP contribution is 2.31. The summed E-state index contributed by atoms with van der Waals surface area (Å²) in [4.78, 5) is 37.2. The van der Waals surface area contributed by atoms with E-state index < -0.39 is 5.97 Å². The van der Waals surface area contributed by atoms with E-state index >= 15 is 0 Å². The first-order chi connectivity index (χ1) is 25.0. The largest absolute Gasteiger partial charge is 0.489 e. The zero-order chi connectivity index (χ0) is 34.7. The van der Waals surface area contributed by atoms with Gasteiger partial charge in [-0.2, -0.15) is 5.10 Å². The Morgan fingerprint density at radius 1 is 0.863 bits per heavy atom. The minimum absolute atomic E-state index is 0.0559. The van der Waals surface area contributed by atoms with E-state index in [4.69, 9.17) is 4.74 Å². The van der Waals surface area contributed by atoms with Crippen LogP contribution in [0.4, 0.5) is 10.9 Å². The number of benzene rings is 4. The molecule has 0 atom stereocenters. The predicted octanol–water partition coefficient (Wildman–Crippen LogP) is 7.70. The van der Waals surface area contributed by atoms with Crippen LogP contribution in [-0.4, -0.2) is 43.3 Å². The number of fused-ring (bicyclic) bond motifs is 2. The van der Waals surface area contributed by atoms with Gasteiger partial charge in [-0.05, 0) is 71.1 Å². The van der Waals surface area contributed by atoms with Gasteiger partial charge in [-0.15, -0.1) is 0 Å². The molecule has 0 spiro atoms. The minimum Gasteiger partial charge on any atom is -0.489 e. The van der Waals surface area contributed by atoms with Crippen molar-refractivity contribution < 1.29 is 19.4 Å². The third-order valence-electron chi connectivity index (χ3n) is 8.90. The van der Waals surface area contributed by atoms with Crippen LogP contribution in [-0.2, 0) is 26.1 Å². The van der Waals surface area contributed by atoms with Crippen LogP contribution in [0.5, 0.6) is 5.75 Å². The molecular formula is C40H32N6O4S. The van der Waals surface area contributed by atoms with Crippen LogP contribution < -0.4 is 15.0 Å². The van der Waals surface area contributed by atoms with Gasteiger partial charge in [0.25, 0.3) is 5.91 Å². The number of nitrogens with one attached hydrogen (secondary N) is 1. The lowest BCUT2D eigenvalue weighted by molar-refractivity contribution is 0.0691. The number of carboxylic acids is 1. The molecule has 7 aromatic rings. The van der Waals surface area contributed by atoms with Crippen LogP contribution >= 0.6 is 11.3 Å². The number of rotatable bonds is 10. The van der Waals surface area contributed by atoms with Gasteiger partial charge in [0, 0.05) is 36.0 Å². The van der Waals surface area contributed by atoms with Crippen molar-refractivity contribution in [1.29, 1.82) is 0 Å². The molecular weight excluding hydrogens is 661 g/mol. The van der Waals surface area contributed by atoms with E-state index in [1.165, 1.54) is 11.3 Å². The Morgan fingerprint density at radius 2 is 1.69 bits per heavy atom. The number of aromatic carboxylic acids is 1. The number of ether oxygens (including phenoxy) is 1. The van der Waals surface area contributed by atoms with E-state index in [-0.39, 0.29) is 11.6 Å². The van der Waals surface area contributed by atoms with E-state index in [9.17, 15) is 14.7 Å². The third kappa shape index (κ3) is 6.92. The van der Waals surface area contributed by atoms with Crippen molar-refractivity contribution >= 4 is 44.4 Å². The van der Waals surface area contributed by atoms with Crippen LogP contribution in [0.1, 0.15) is 43.1 Å². The van der Waals surface area contributed by atoms with Gasteiger partial charge in [-0.3, -0.25) is 14.8 Å². The number of anilines is 2. The number of para-hydroxylation sites is 1. The number of carbonyl (C=O) groups excluding carboxylic acids is 1. The first kappa shape index (κ1) is 31.9.